The lowest BCUT2D eigenvalue weighted by Crippen LogP contribution is -2.26. The minimum absolute atomic E-state index is 0.316. The molecule has 116 valence electrons. The number of primary amides is 1. The van der Waals surface area contributed by atoms with Crippen molar-refractivity contribution in [1.82, 2.24) is 14.9 Å². The summed E-state index contributed by atoms with van der Waals surface area (Å²) < 4.78 is 4.77. The summed E-state index contributed by atoms with van der Waals surface area (Å²) in [5.74, 6) is 0. The normalized spacial score (nSPS) is 10.6. The van der Waals surface area contributed by atoms with Crippen molar-refractivity contribution in [3.63, 3.8) is 0 Å². The van der Waals surface area contributed by atoms with Crippen LogP contribution in [0.3, 0.4) is 0 Å². The number of pyridine rings is 2. The number of hydrogen-bond donors (Lipinski definition) is 1. The molecular formula is C16H20N4O2. The molecule has 6 nitrogen and oxygen atoms in total. The Hall–Kier alpha value is -2.47. The van der Waals surface area contributed by atoms with Crippen molar-refractivity contribution in [2.75, 3.05) is 13.2 Å². The van der Waals surface area contributed by atoms with E-state index in [2.05, 4.69) is 14.9 Å². The number of carbonyl (C=O) groups is 1. The van der Waals surface area contributed by atoms with Crippen LogP contribution in [0.5, 0.6) is 0 Å². The average molecular weight is 300 g/mol. The highest BCUT2D eigenvalue weighted by Gasteiger charge is 2.09. The predicted molar refractivity (Wildman–Crippen MR) is 82.7 cm³/mol. The van der Waals surface area contributed by atoms with Crippen molar-refractivity contribution >= 4 is 6.09 Å². The summed E-state index contributed by atoms with van der Waals surface area (Å²) in [5, 5.41) is 0. The van der Waals surface area contributed by atoms with Crippen molar-refractivity contribution < 1.29 is 9.53 Å². The van der Waals surface area contributed by atoms with Crippen LogP contribution < -0.4 is 5.73 Å². The van der Waals surface area contributed by atoms with Crippen LogP contribution in [-0.2, 0) is 17.8 Å². The Morgan fingerprint density at radius 3 is 2.09 bits per heavy atom. The first-order valence-corrected chi connectivity index (χ1v) is 7.18. The molecule has 0 aliphatic carbocycles. The summed E-state index contributed by atoms with van der Waals surface area (Å²) in [4.78, 5) is 21.5. The summed E-state index contributed by atoms with van der Waals surface area (Å²) in [5.41, 5.74) is 6.95. The van der Waals surface area contributed by atoms with Gasteiger partial charge in [-0.15, -0.1) is 0 Å². The topological polar surface area (TPSA) is 81.3 Å². The van der Waals surface area contributed by atoms with E-state index < -0.39 is 6.09 Å². The molecule has 2 N–H and O–H groups in total. The Bertz CT molecular complexity index is 521. The molecule has 2 heterocycles. The second-order valence-corrected chi connectivity index (χ2v) is 4.87. The molecule has 6 heteroatoms. The lowest BCUT2D eigenvalue weighted by Gasteiger charge is -2.21. The fourth-order valence-electron chi connectivity index (χ4n) is 2.12. The molecule has 0 radical (unpaired) electrons. The zero-order chi connectivity index (χ0) is 15.6. The van der Waals surface area contributed by atoms with Gasteiger partial charge in [0.2, 0.25) is 0 Å². The third-order valence-corrected chi connectivity index (χ3v) is 3.09. The fourth-order valence-corrected chi connectivity index (χ4v) is 2.12. The smallest absolute Gasteiger partial charge is 0.404 e. The van der Waals surface area contributed by atoms with Gasteiger partial charge in [0.25, 0.3) is 0 Å². The second-order valence-electron chi connectivity index (χ2n) is 4.87. The monoisotopic (exact) mass is 300 g/mol. The molecule has 0 aliphatic rings. The quantitative estimate of drug-likeness (QED) is 0.754. The van der Waals surface area contributed by atoms with Crippen molar-refractivity contribution in [3.05, 3.63) is 60.2 Å². The summed E-state index contributed by atoms with van der Waals surface area (Å²) in [6.07, 6.45) is 3.54. The molecule has 22 heavy (non-hydrogen) atoms. The summed E-state index contributed by atoms with van der Waals surface area (Å²) in [6, 6.07) is 11.7. The maximum absolute atomic E-state index is 10.6. The van der Waals surface area contributed by atoms with E-state index >= 15 is 0 Å². The molecule has 1 amide bonds. The first kappa shape index (κ1) is 15.9. The molecule has 0 spiro atoms. The third kappa shape index (κ3) is 5.88. The van der Waals surface area contributed by atoms with E-state index in [1.165, 1.54) is 0 Å². The summed E-state index contributed by atoms with van der Waals surface area (Å²) in [6.45, 7) is 2.51. The first-order valence-electron chi connectivity index (χ1n) is 7.18. The van der Waals surface area contributed by atoms with Gasteiger partial charge >= 0.3 is 6.09 Å². The number of hydrogen-bond acceptors (Lipinski definition) is 5. The minimum Gasteiger partial charge on any atom is -0.450 e. The van der Waals surface area contributed by atoms with Gasteiger partial charge in [-0.2, -0.15) is 0 Å². The van der Waals surface area contributed by atoms with Crippen LogP contribution >= 0.6 is 0 Å². The number of ether oxygens (including phenoxy) is 1. The molecule has 2 aromatic heterocycles. The molecule has 0 aromatic carbocycles. The van der Waals surface area contributed by atoms with Crippen LogP contribution in [0.1, 0.15) is 17.8 Å². The molecule has 0 bridgehead atoms. The molecule has 0 atom stereocenters. The summed E-state index contributed by atoms with van der Waals surface area (Å²) >= 11 is 0. The number of carbonyl (C=O) groups excluding carboxylic acids is 1. The Labute approximate surface area is 129 Å². The van der Waals surface area contributed by atoms with Gasteiger partial charge in [-0.1, -0.05) is 12.1 Å². The van der Waals surface area contributed by atoms with Gasteiger partial charge in [0.1, 0.15) is 0 Å². The molecule has 0 unspecified atom stereocenters. The minimum atomic E-state index is -0.735. The van der Waals surface area contributed by atoms with E-state index in [1.807, 2.05) is 36.4 Å². The number of nitrogens with two attached hydrogens (primary N) is 1. The first-order chi connectivity index (χ1) is 10.7. The molecule has 0 fully saturated rings. The van der Waals surface area contributed by atoms with Gasteiger partial charge in [-0.3, -0.25) is 14.9 Å². The van der Waals surface area contributed by atoms with Gasteiger partial charge in [0.05, 0.1) is 18.0 Å². The van der Waals surface area contributed by atoms with Crippen LogP contribution in [0.4, 0.5) is 4.79 Å². The zero-order valence-electron chi connectivity index (χ0n) is 12.4. The number of rotatable bonds is 8. The van der Waals surface area contributed by atoms with Gasteiger partial charge in [0.15, 0.2) is 0 Å². The standard InChI is InChI=1S/C16H20N4O2/c17-16(21)22-11-5-10-20(12-14-6-1-3-8-18-14)13-15-7-2-4-9-19-15/h1-4,6-9H,5,10-13H2,(H2,17,21). The number of amides is 1. The molecule has 0 saturated heterocycles. The third-order valence-electron chi connectivity index (χ3n) is 3.09. The Morgan fingerprint density at radius 2 is 1.64 bits per heavy atom. The Kier molecular flexibility index (Phi) is 6.32. The van der Waals surface area contributed by atoms with Crippen molar-refractivity contribution in [1.29, 1.82) is 0 Å². The molecule has 2 rings (SSSR count). The Balaban J connectivity index is 1.92. The second kappa shape index (κ2) is 8.74. The lowest BCUT2D eigenvalue weighted by atomic mass is 10.2. The summed E-state index contributed by atoms with van der Waals surface area (Å²) in [7, 11) is 0. The number of nitrogens with zero attached hydrogens (tertiary/aromatic N) is 3. The van der Waals surface area contributed by atoms with Crippen LogP contribution in [0.2, 0.25) is 0 Å². The van der Waals surface area contributed by atoms with Crippen LogP contribution in [0.25, 0.3) is 0 Å². The van der Waals surface area contributed by atoms with Gasteiger partial charge in [-0.25, -0.2) is 4.79 Å². The fraction of sp³-hybridized carbons (Fsp3) is 0.312. The van der Waals surface area contributed by atoms with E-state index in [0.717, 1.165) is 17.9 Å². The van der Waals surface area contributed by atoms with Crippen molar-refractivity contribution in [2.45, 2.75) is 19.5 Å². The molecule has 2 aromatic rings. The Morgan fingerprint density at radius 1 is 1.05 bits per heavy atom. The van der Waals surface area contributed by atoms with E-state index in [-0.39, 0.29) is 0 Å². The molecular weight excluding hydrogens is 280 g/mol. The highest BCUT2D eigenvalue weighted by Crippen LogP contribution is 2.07. The highest BCUT2D eigenvalue weighted by atomic mass is 16.5. The molecule has 0 aliphatic heterocycles. The van der Waals surface area contributed by atoms with E-state index in [4.69, 9.17) is 10.5 Å². The van der Waals surface area contributed by atoms with E-state index in [9.17, 15) is 4.79 Å². The van der Waals surface area contributed by atoms with Gasteiger partial charge in [0, 0.05) is 32.0 Å². The lowest BCUT2D eigenvalue weighted by molar-refractivity contribution is 0.145. The van der Waals surface area contributed by atoms with Gasteiger partial charge in [-0.05, 0) is 30.7 Å². The highest BCUT2D eigenvalue weighted by molar-refractivity contribution is 5.64. The van der Waals surface area contributed by atoms with E-state index in [0.29, 0.717) is 26.1 Å². The largest absolute Gasteiger partial charge is 0.450 e. The van der Waals surface area contributed by atoms with Crippen molar-refractivity contribution in [3.8, 4) is 0 Å². The SMILES string of the molecule is NC(=O)OCCCN(Cc1ccccn1)Cc1ccccn1. The van der Waals surface area contributed by atoms with Crippen LogP contribution in [-0.4, -0.2) is 34.1 Å². The molecule has 0 saturated carbocycles. The van der Waals surface area contributed by atoms with Crippen LogP contribution in [0.15, 0.2) is 48.8 Å². The maximum Gasteiger partial charge on any atom is 0.404 e. The van der Waals surface area contributed by atoms with Crippen LogP contribution in [0, 0.1) is 0 Å². The zero-order valence-corrected chi connectivity index (χ0v) is 12.4. The average Bonchev–Trinajstić information content (AvgIpc) is 2.53. The van der Waals surface area contributed by atoms with Crippen molar-refractivity contribution in [2.24, 2.45) is 5.73 Å². The van der Waals surface area contributed by atoms with Gasteiger partial charge < -0.3 is 10.5 Å². The predicted octanol–water partition coefficient (Wildman–Crippen LogP) is 1.96. The maximum atomic E-state index is 10.6. The van der Waals surface area contributed by atoms with E-state index in [1.54, 1.807) is 12.4 Å². The number of aromatic nitrogens is 2.